The molecule has 2 aliphatic rings. The zero-order valence-electron chi connectivity index (χ0n) is 15.6. The van der Waals surface area contributed by atoms with Crippen LogP contribution in [0, 0.1) is 18.8 Å². The highest BCUT2D eigenvalue weighted by Gasteiger charge is 2.49. The van der Waals surface area contributed by atoms with Gasteiger partial charge in [-0.1, -0.05) is 24.3 Å². The molecule has 2 fully saturated rings. The predicted octanol–water partition coefficient (Wildman–Crippen LogP) is 2.14. The number of hydrogen-bond donors (Lipinski definition) is 1. The summed E-state index contributed by atoms with van der Waals surface area (Å²) in [6.07, 6.45) is 1.53. The average molecular weight is 364 g/mol. The molecule has 0 spiro atoms. The van der Waals surface area contributed by atoms with Gasteiger partial charge in [0, 0.05) is 44.6 Å². The molecule has 1 aromatic heterocycles. The van der Waals surface area contributed by atoms with E-state index >= 15 is 0 Å². The summed E-state index contributed by atoms with van der Waals surface area (Å²) in [5.41, 5.74) is 8.17. The van der Waals surface area contributed by atoms with Gasteiger partial charge in [0.05, 0.1) is 11.6 Å². The molecule has 6 nitrogen and oxygen atoms in total. The molecule has 2 N–H and O–H groups in total. The molecule has 0 unspecified atom stereocenters. The molecule has 3 atom stereocenters. The van der Waals surface area contributed by atoms with Crippen molar-refractivity contribution in [3.8, 4) is 0 Å². The Bertz CT molecular complexity index is 880. The van der Waals surface area contributed by atoms with E-state index in [1.165, 1.54) is 17.3 Å². The lowest BCUT2D eigenvalue weighted by molar-refractivity contribution is -0.130. The van der Waals surface area contributed by atoms with Crippen molar-refractivity contribution in [1.29, 1.82) is 0 Å². The van der Waals surface area contributed by atoms with Crippen LogP contribution in [0.25, 0.3) is 0 Å². The largest absolute Gasteiger partial charge is 0.366 e. The van der Waals surface area contributed by atoms with Crippen molar-refractivity contribution >= 4 is 17.6 Å². The first-order chi connectivity index (χ1) is 13.0. The molecule has 0 saturated carbocycles. The number of nitrogens with two attached hydrogens (primary N) is 1. The second-order valence-corrected chi connectivity index (χ2v) is 7.57. The van der Waals surface area contributed by atoms with E-state index in [0.29, 0.717) is 17.4 Å². The molecule has 3 heterocycles. The number of nitrogens with zero attached hydrogens (tertiary/aromatic N) is 3. The van der Waals surface area contributed by atoms with Crippen LogP contribution >= 0.6 is 0 Å². The second-order valence-electron chi connectivity index (χ2n) is 7.57. The summed E-state index contributed by atoms with van der Waals surface area (Å²) in [7, 11) is 0. The first-order valence-corrected chi connectivity index (χ1v) is 9.29. The summed E-state index contributed by atoms with van der Waals surface area (Å²) in [5, 5.41) is 0. The molecule has 1 aromatic carbocycles. The van der Waals surface area contributed by atoms with Crippen LogP contribution in [0.4, 0.5) is 5.82 Å². The van der Waals surface area contributed by atoms with Gasteiger partial charge in [0.25, 0.3) is 0 Å². The minimum atomic E-state index is -0.468. The molecule has 0 radical (unpaired) electrons. The fourth-order valence-corrected chi connectivity index (χ4v) is 4.59. The molecule has 2 amide bonds. The Kier molecular flexibility index (Phi) is 4.34. The highest BCUT2D eigenvalue weighted by molar-refractivity contribution is 5.92. The number of anilines is 1. The summed E-state index contributed by atoms with van der Waals surface area (Å²) in [4.78, 5) is 32.2. The number of hydrogen-bond acceptors (Lipinski definition) is 4. The maximum atomic E-state index is 12.3. The van der Waals surface area contributed by atoms with Gasteiger partial charge in [0.2, 0.25) is 11.8 Å². The topological polar surface area (TPSA) is 79.5 Å². The van der Waals surface area contributed by atoms with Gasteiger partial charge in [-0.15, -0.1) is 0 Å². The van der Waals surface area contributed by atoms with Crippen molar-refractivity contribution in [3.05, 3.63) is 59.3 Å². The molecule has 140 valence electrons. The zero-order chi connectivity index (χ0) is 19.1. The molecule has 2 aromatic rings. The molecule has 4 rings (SSSR count). The minimum absolute atomic E-state index is 0.101. The molecular formula is C21H24N4O2. The van der Waals surface area contributed by atoms with Crippen LogP contribution in [0.2, 0.25) is 0 Å². The second kappa shape index (κ2) is 6.68. The van der Waals surface area contributed by atoms with Crippen LogP contribution in [0.15, 0.2) is 42.6 Å². The Morgan fingerprint density at radius 3 is 2.52 bits per heavy atom. The van der Waals surface area contributed by atoms with Crippen LogP contribution in [0.1, 0.15) is 34.5 Å². The van der Waals surface area contributed by atoms with Crippen molar-refractivity contribution in [3.63, 3.8) is 0 Å². The Balaban J connectivity index is 1.61. The van der Waals surface area contributed by atoms with E-state index in [0.717, 1.165) is 25.5 Å². The number of benzene rings is 1. The van der Waals surface area contributed by atoms with Crippen molar-refractivity contribution in [2.75, 3.05) is 24.5 Å². The fourth-order valence-electron chi connectivity index (χ4n) is 4.59. The van der Waals surface area contributed by atoms with Crippen molar-refractivity contribution in [2.45, 2.75) is 19.9 Å². The summed E-state index contributed by atoms with van der Waals surface area (Å²) in [6, 6.07) is 12.0. The molecular weight excluding hydrogens is 340 g/mol. The molecule has 6 heteroatoms. The molecule has 0 aliphatic carbocycles. The van der Waals surface area contributed by atoms with Gasteiger partial charge < -0.3 is 15.5 Å². The first kappa shape index (κ1) is 17.5. The van der Waals surface area contributed by atoms with Gasteiger partial charge in [-0.2, -0.15) is 0 Å². The summed E-state index contributed by atoms with van der Waals surface area (Å²) in [5.74, 6) is 1.30. The van der Waals surface area contributed by atoms with E-state index in [-0.39, 0.29) is 11.9 Å². The van der Waals surface area contributed by atoms with Crippen LogP contribution in [-0.4, -0.2) is 41.3 Å². The van der Waals surface area contributed by atoms with Crippen molar-refractivity contribution in [2.24, 2.45) is 17.6 Å². The predicted molar refractivity (Wildman–Crippen MR) is 103 cm³/mol. The van der Waals surface area contributed by atoms with Crippen LogP contribution < -0.4 is 10.6 Å². The normalized spacial score (nSPS) is 24.1. The monoisotopic (exact) mass is 364 g/mol. The van der Waals surface area contributed by atoms with E-state index in [1.807, 2.05) is 23.1 Å². The van der Waals surface area contributed by atoms with Gasteiger partial charge in [0.1, 0.15) is 5.82 Å². The number of aryl methyl sites for hydroxylation is 1. The minimum Gasteiger partial charge on any atom is -0.366 e. The lowest BCUT2D eigenvalue weighted by Gasteiger charge is -2.30. The lowest BCUT2D eigenvalue weighted by Crippen LogP contribution is -2.34. The quantitative estimate of drug-likeness (QED) is 0.905. The first-order valence-electron chi connectivity index (χ1n) is 9.29. The highest BCUT2D eigenvalue weighted by Crippen LogP contribution is 2.46. The van der Waals surface area contributed by atoms with Crippen molar-refractivity contribution in [1.82, 2.24) is 9.88 Å². The smallest absolute Gasteiger partial charge is 0.250 e. The van der Waals surface area contributed by atoms with Crippen molar-refractivity contribution < 1.29 is 9.59 Å². The van der Waals surface area contributed by atoms with Gasteiger partial charge in [-0.3, -0.25) is 9.59 Å². The van der Waals surface area contributed by atoms with Crippen LogP contribution in [-0.2, 0) is 4.79 Å². The van der Waals surface area contributed by atoms with E-state index in [1.54, 1.807) is 13.0 Å². The van der Waals surface area contributed by atoms with Crippen LogP contribution in [0.5, 0.6) is 0 Å². The highest BCUT2D eigenvalue weighted by atomic mass is 16.2. The van der Waals surface area contributed by atoms with Gasteiger partial charge in [0.15, 0.2) is 0 Å². The van der Waals surface area contributed by atoms with Gasteiger partial charge in [-0.25, -0.2) is 4.98 Å². The summed E-state index contributed by atoms with van der Waals surface area (Å²) in [6.45, 7) is 6.25. The molecule has 27 heavy (non-hydrogen) atoms. The Morgan fingerprint density at radius 1 is 1.11 bits per heavy atom. The van der Waals surface area contributed by atoms with Gasteiger partial charge >= 0.3 is 0 Å². The van der Waals surface area contributed by atoms with E-state index < -0.39 is 5.91 Å². The van der Waals surface area contributed by atoms with E-state index in [9.17, 15) is 9.59 Å². The van der Waals surface area contributed by atoms with Crippen LogP contribution in [0.3, 0.4) is 0 Å². The summed E-state index contributed by atoms with van der Waals surface area (Å²) < 4.78 is 0. The number of carbonyl (C=O) groups excluding carboxylic acids is 2. The molecule has 2 aliphatic heterocycles. The summed E-state index contributed by atoms with van der Waals surface area (Å²) >= 11 is 0. The maximum Gasteiger partial charge on any atom is 0.250 e. The third kappa shape index (κ3) is 3.05. The van der Waals surface area contributed by atoms with Gasteiger partial charge in [-0.05, 0) is 30.2 Å². The fraction of sp³-hybridized carbons (Fsp3) is 0.381. The van der Waals surface area contributed by atoms with E-state index in [4.69, 9.17) is 5.73 Å². The lowest BCUT2D eigenvalue weighted by atomic mass is 9.87. The Labute approximate surface area is 159 Å². The molecule has 0 bridgehead atoms. The zero-order valence-corrected chi connectivity index (χ0v) is 15.6. The number of aromatic nitrogens is 1. The third-order valence-corrected chi connectivity index (χ3v) is 5.93. The third-order valence-electron chi connectivity index (χ3n) is 5.93. The molecule has 2 saturated heterocycles. The number of rotatable bonds is 3. The number of amides is 2. The Morgan fingerprint density at radius 2 is 1.89 bits per heavy atom. The SMILES string of the molecule is CC(=O)N1C[C@H]2CN(c3ccc(C(N)=O)cn3)C[C@H]2[C@H]1c1ccccc1C. The van der Waals surface area contributed by atoms with E-state index in [2.05, 4.69) is 28.9 Å². The average Bonchev–Trinajstić information content (AvgIpc) is 3.20. The number of carbonyl (C=O) groups is 2. The standard InChI is InChI=1S/C21H24N4O2/c1-13-5-3-4-6-17(13)20-18-12-24(10-16(18)11-25(20)14(2)26)19-8-7-15(9-23-19)21(22)27/h3-9,16,18,20H,10-12H2,1-2H3,(H2,22,27)/t16-,18-,20-/m1/s1. The number of primary amides is 1. The number of likely N-dealkylation sites (tertiary alicyclic amines) is 1. The maximum absolute atomic E-state index is 12.3. The number of pyridine rings is 1. The number of fused-ring (bicyclic) bond motifs is 1. The Hall–Kier alpha value is -2.89.